The number of methoxy groups -OCH3 is 1. The van der Waals surface area contributed by atoms with E-state index in [2.05, 4.69) is 4.72 Å². The van der Waals surface area contributed by atoms with Crippen LogP contribution in [0, 0.1) is 16.7 Å². The molecule has 0 aromatic heterocycles. The fraction of sp³-hybridized carbons (Fsp3) is 0.667. The topological polar surface area (TPSA) is 92.7 Å². The van der Waals surface area contributed by atoms with Crippen LogP contribution in [0.3, 0.4) is 0 Å². The van der Waals surface area contributed by atoms with E-state index in [1.54, 1.807) is 26.2 Å². The maximum Gasteiger partial charge on any atom is 0.212 e. The Bertz CT molecular complexity index is 844. The van der Waals surface area contributed by atoms with Gasteiger partial charge in [-0.25, -0.2) is 13.1 Å². The summed E-state index contributed by atoms with van der Waals surface area (Å²) in [5, 5.41) is 10.7. The van der Waals surface area contributed by atoms with Crippen LogP contribution in [0.4, 0.5) is 0 Å². The van der Waals surface area contributed by atoms with Crippen molar-refractivity contribution in [1.82, 2.24) is 4.72 Å². The highest BCUT2D eigenvalue weighted by molar-refractivity contribution is 7.89. The molecule has 2 bridgehead atoms. The molecule has 2 aliphatic carbocycles. The molecule has 0 saturated heterocycles. The van der Waals surface area contributed by atoms with Crippen molar-refractivity contribution in [1.29, 1.82) is 0 Å². The van der Waals surface area contributed by atoms with E-state index in [0.717, 1.165) is 17.7 Å². The molecule has 0 aliphatic heterocycles. The van der Waals surface area contributed by atoms with Gasteiger partial charge in [0.2, 0.25) is 10.0 Å². The van der Waals surface area contributed by atoms with Gasteiger partial charge in [0.25, 0.3) is 0 Å². The zero-order chi connectivity index (χ0) is 20.8. The molecule has 1 aromatic carbocycles. The molecule has 6 nitrogen and oxygen atoms in total. The number of hydrogen-bond acceptors (Lipinski definition) is 5. The van der Waals surface area contributed by atoms with Crippen LogP contribution in [0.15, 0.2) is 24.3 Å². The molecule has 0 unspecified atom stereocenters. The number of fused-ring (bicyclic) bond motifs is 2. The summed E-state index contributed by atoms with van der Waals surface area (Å²) in [6, 6.07) is 7.30. The second-order valence-corrected chi connectivity index (χ2v) is 11.1. The molecule has 0 spiro atoms. The molecular weight excluding hydrogens is 378 g/mol. The van der Waals surface area contributed by atoms with Crippen LogP contribution in [0.5, 0.6) is 5.75 Å². The monoisotopic (exact) mass is 409 g/mol. The van der Waals surface area contributed by atoms with E-state index in [1.165, 1.54) is 0 Å². The van der Waals surface area contributed by atoms with Crippen LogP contribution in [0.2, 0.25) is 0 Å². The van der Waals surface area contributed by atoms with Crippen LogP contribution in [-0.4, -0.2) is 44.3 Å². The molecule has 2 fully saturated rings. The summed E-state index contributed by atoms with van der Waals surface area (Å²) in [5.74, 6) is 0.876. The summed E-state index contributed by atoms with van der Waals surface area (Å²) in [4.78, 5) is 12.6. The first-order valence-electron chi connectivity index (χ1n) is 9.77. The Morgan fingerprint density at radius 3 is 2.43 bits per heavy atom. The summed E-state index contributed by atoms with van der Waals surface area (Å²) < 4.78 is 33.3. The van der Waals surface area contributed by atoms with Gasteiger partial charge in [0.15, 0.2) is 0 Å². The molecule has 0 heterocycles. The van der Waals surface area contributed by atoms with E-state index in [-0.39, 0.29) is 29.4 Å². The number of rotatable bonds is 8. The van der Waals surface area contributed by atoms with Crippen molar-refractivity contribution in [3.05, 3.63) is 29.8 Å². The predicted octanol–water partition coefficient (Wildman–Crippen LogP) is 2.30. The number of ketones is 1. The minimum Gasteiger partial charge on any atom is -0.497 e. The average Bonchev–Trinajstić information content (AvgIpc) is 2.94. The maximum absolute atomic E-state index is 12.8. The number of hydrogen-bond donors (Lipinski definition) is 2. The first-order valence-corrected chi connectivity index (χ1v) is 11.4. The molecule has 2 aliphatic rings. The molecular formula is C21H31NO5S. The Hall–Kier alpha value is -1.44. The van der Waals surface area contributed by atoms with E-state index in [9.17, 15) is 18.3 Å². The lowest BCUT2D eigenvalue weighted by Crippen LogP contribution is -2.48. The number of carbonyl (C=O) groups is 1. The van der Waals surface area contributed by atoms with Crippen molar-refractivity contribution in [3.63, 3.8) is 0 Å². The smallest absolute Gasteiger partial charge is 0.212 e. The maximum atomic E-state index is 12.8. The molecule has 2 N–H and O–H groups in total. The van der Waals surface area contributed by atoms with Crippen molar-refractivity contribution >= 4 is 15.8 Å². The van der Waals surface area contributed by atoms with Crippen LogP contribution in [-0.2, 0) is 21.2 Å². The highest BCUT2D eigenvalue weighted by Gasteiger charge is 2.65. The van der Waals surface area contributed by atoms with Crippen molar-refractivity contribution in [2.45, 2.75) is 52.1 Å². The number of benzene rings is 1. The summed E-state index contributed by atoms with van der Waals surface area (Å²) >= 11 is 0. The Kier molecular flexibility index (Phi) is 5.40. The zero-order valence-electron chi connectivity index (χ0n) is 17.1. The molecule has 0 radical (unpaired) electrons. The van der Waals surface area contributed by atoms with Gasteiger partial charge in [-0.3, -0.25) is 4.79 Å². The van der Waals surface area contributed by atoms with E-state index in [4.69, 9.17) is 4.74 Å². The molecule has 0 amide bonds. The molecule has 156 valence electrons. The number of Topliss-reactive ketones (excluding diaryl/α,β-unsaturated/α-hetero) is 1. The fourth-order valence-electron chi connectivity index (χ4n) is 4.99. The minimum absolute atomic E-state index is 0.0733. The van der Waals surface area contributed by atoms with Gasteiger partial charge in [0, 0.05) is 24.8 Å². The third-order valence-electron chi connectivity index (χ3n) is 6.99. The number of aliphatic hydroxyl groups is 1. The summed E-state index contributed by atoms with van der Waals surface area (Å²) in [6.07, 6.45) is 2.32. The van der Waals surface area contributed by atoms with E-state index >= 15 is 0 Å². The van der Waals surface area contributed by atoms with E-state index in [1.807, 2.05) is 26.0 Å². The Balaban J connectivity index is 1.64. The van der Waals surface area contributed by atoms with Crippen LogP contribution in [0.25, 0.3) is 0 Å². The Morgan fingerprint density at radius 2 is 1.93 bits per heavy atom. The molecule has 7 heteroatoms. The van der Waals surface area contributed by atoms with Crippen LogP contribution in [0.1, 0.15) is 45.6 Å². The molecule has 3 rings (SSSR count). The Labute approximate surface area is 167 Å². The lowest BCUT2D eigenvalue weighted by atomic mass is 9.70. The van der Waals surface area contributed by atoms with Gasteiger partial charge in [0.05, 0.1) is 18.5 Å². The number of carbonyl (C=O) groups excluding carboxylic acids is 1. The van der Waals surface area contributed by atoms with Gasteiger partial charge in [-0.1, -0.05) is 26.0 Å². The normalized spacial score (nSPS) is 28.3. The third-order valence-corrected chi connectivity index (χ3v) is 8.45. The van der Waals surface area contributed by atoms with Crippen molar-refractivity contribution < 1.29 is 23.1 Å². The van der Waals surface area contributed by atoms with Crippen molar-refractivity contribution in [3.8, 4) is 5.75 Å². The number of ether oxygens (including phenoxy) is 1. The summed E-state index contributed by atoms with van der Waals surface area (Å²) in [6.45, 7) is 5.54. The van der Waals surface area contributed by atoms with Gasteiger partial charge in [-0.15, -0.1) is 0 Å². The average molecular weight is 410 g/mol. The van der Waals surface area contributed by atoms with Gasteiger partial charge in [-0.2, -0.15) is 0 Å². The lowest BCUT2D eigenvalue weighted by Gasteiger charge is -2.36. The van der Waals surface area contributed by atoms with Crippen molar-refractivity contribution in [2.75, 3.05) is 19.4 Å². The Morgan fingerprint density at radius 1 is 1.29 bits per heavy atom. The highest BCUT2D eigenvalue weighted by Crippen LogP contribution is 2.64. The van der Waals surface area contributed by atoms with Crippen molar-refractivity contribution in [2.24, 2.45) is 16.7 Å². The quantitative estimate of drug-likeness (QED) is 0.687. The fourth-order valence-corrected chi connectivity index (χ4v) is 6.95. The van der Waals surface area contributed by atoms with E-state index < -0.39 is 21.0 Å². The van der Waals surface area contributed by atoms with Crippen LogP contribution >= 0.6 is 0 Å². The number of nitrogens with one attached hydrogen (secondary N) is 1. The molecule has 1 aromatic rings. The third kappa shape index (κ3) is 3.84. The summed E-state index contributed by atoms with van der Waals surface area (Å²) in [7, 11) is -2.11. The first-order chi connectivity index (χ1) is 12.9. The molecule has 28 heavy (non-hydrogen) atoms. The largest absolute Gasteiger partial charge is 0.497 e. The van der Waals surface area contributed by atoms with Gasteiger partial charge >= 0.3 is 0 Å². The SMILES string of the molecule is COc1ccc(C[C@@](C)(O)CNS(=O)(=O)C[C@@]23CC[C@@H](CC2=O)C3(C)C)cc1. The minimum atomic E-state index is -3.70. The van der Waals surface area contributed by atoms with Gasteiger partial charge in [0.1, 0.15) is 11.5 Å². The predicted molar refractivity (Wildman–Crippen MR) is 108 cm³/mol. The molecule has 3 atom stereocenters. The first kappa shape index (κ1) is 21.3. The van der Waals surface area contributed by atoms with Crippen LogP contribution < -0.4 is 9.46 Å². The highest BCUT2D eigenvalue weighted by atomic mass is 32.2. The zero-order valence-corrected chi connectivity index (χ0v) is 17.9. The van der Waals surface area contributed by atoms with Gasteiger partial charge < -0.3 is 9.84 Å². The van der Waals surface area contributed by atoms with Gasteiger partial charge in [-0.05, 0) is 48.8 Å². The molecule has 2 saturated carbocycles. The second-order valence-electron chi connectivity index (χ2n) is 9.27. The lowest BCUT2D eigenvalue weighted by molar-refractivity contribution is -0.128. The summed E-state index contributed by atoms with van der Waals surface area (Å²) in [5.41, 5.74) is -1.46. The second kappa shape index (κ2) is 7.11. The standard InChI is InChI=1S/C21H31NO5S/c1-19(2)16-9-10-21(19,18(23)11-16)14-28(25,26)22-13-20(3,24)12-15-5-7-17(27-4)8-6-15/h5-8,16,22,24H,9-14H2,1-4H3/t16-,20+,21-/m0/s1. The van der Waals surface area contributed by atoms with E-state index in [0.29, 0.717) is 19.3 Å². The number of sulfonamides is 1.